The molecule has 1 aromatic carbocycles. The maximum Gasteiger partial charge on any atom is 0.124 e. The van der Waals surface area contributed by atoms with Gasteiger partial charge in [-0.2, -0.15) is 0 Å². The average Bonchev–Trinajstić information content (AvgIpc) is 2.41. The quantitative estimate of drug-likeness (QED) is 0.894. The first kappa shape index (κ1) is 13.6. The fourth-order valence-corrected chi connectivity index (χ4v) is 1.97. The number of hydrogen-bond acceptors (Lipinski definition) is 3. The summed E-state index contributed by atoms with van der Waals surface area (Å²) in [4.78, 5) is 4.28. The normalized spacial score (nSPS) is 12.2. The zero-order chi connectivity index (χ0) is 13.7. The summed E-state index contributed by atoms with van der Waals surface area (Å²) in [5, 5.41) is 0. The van der Waals surface area contributed by atoms with Gasteiger partial charge in [-0.15, -0.1) is 0 Å². The molecule has 0 aliphatic rings. The van der Waals surface area contributed by atoms with Crippen LogP contribution in [0.5, 0.6) is 5.75 Å². The van der Waals surface area contributed by atoms with Crippen molar-refractivity contribution in [1.29, 1.82) is 0 Å². The largest absolute Gasteiger partial charge is 0.493 e. The summed E-state index contributed by atoms with van der Waals surface area (Å²) in [6.45, 7) is 4.64. The molecule has 1 atom stereocenters. The summed E-state index contributed by atoms with van der Waals surface area (Å²) in [7, 11) is 0. The van der Waals surface area contributed by atoms with Crippen molar-refractivity contribution in [2.24, 2.45) is 5.73 Å². The van der Waals surface area contributed by atoms with Gasteiger partial charge in [-0.1, -0.05) is 23.8 Å². The lowest BCUT2D eigenvalue weighted by Gasteiger charge is -2.14. The van der Waals surface area contributed by atoms with E-state index in [-0.39, 0.29) is 6.04 Å². The Bertz CT molecular complexity index is 524. The number of aromatic nitrogens is 1. The van der Waals surface area contributed by atoms with Gasteiger partial charge in [0.25, 0.3) is 0 Å². The second-order valence-electron chi connectivity index (χ2n) is 4.75. The van der Waals surface area contributed by atoms with Crippen molar-refractivity contribution in [1.82, 2.24) is 4.98 Å². The molecule has 0 amide bonds. The summed E-state index contributed by atoms with van der Waals surface area (Å²) in [5.74, 6) is 0.872. The minimum absolute atomic E-state index is 0.0234. The van der Waals surface area contributed by atoms with Crippen LogP contribution in [-0.4, -0.2) is 11.6 Å². The van der Waals surface area contributed by atoms with Crippen LogP contribution in [0.2, 0.25) is 0 Å². The topological polar surface area (TPSA) is 48.1 Å². The lowest BCUT2D eigenvalue weighted by atomic mass is 10.1. The van der Waals surface area contributed by atoms with Crippen LogP contribution in [0.1, 0.15) is 29.8 Å². The molecule has 0 fully saturated rings. The Balaban J connectivity index is 2.00. The highest BCUT2D eigenvalue weighted by atomic mass is 16.5. The zero-order valence-electron chi connectivity index (χ0n) is 11.5. The number of nitrogens with zero attached hydrogens (tertiary/aromatic N) is 1. The average molecular weight is 256 g/mol. The SMILES string of the molecule is Cc1ccc(OCCc2ccccn2)c(C(C)N)c1. The summed E-state index contributed by atoms with van der Waals surface area (Å²) >= 11 is 0. The van der Waals surface area contributed by atoms with Crippen LogP contribution in [0.3, 0.4) is 0 Å². The van der Waals surface area contributed by atoms with Gasteiger partial charge in [0.1, 0.15) is 5.75 Å². The van der Waals surface area contributed by atoms with Crippen molar-refractivity contribution in [2.45, 2.75) is 26.3 Å². The molecule has 19 heavy (non-hydrogen) atoms. The molecule has 3 heteroatoms. The predicted molar refractivity (Wildman–Crippen MR) is 77.2 cm³/mol. The van der Waals surface area contributed by atoms with Gasteiger partial charge < -0.3 is 10.5 Å². The van der Waals surface area contributed by atoms with E-state index in [1.807, 2.05) is 37.3 Å². The van der Waals surface area contributed by atoms with Gasteiger partial charge in [0.2, 0.25) is 0 Å². The molecule has 0 saturated heterocycles. The summed E-state index contributed by atoms with van der Waals surface area (Å²) in [5.41, 5.74) is 9.27. The van der Waals surface area contributed by atoms with E-state index in [1.165, 1.54) is 5.56 Å². The Labute approximate surface area is 114 Å². The third-order valence-corrected chi connectivity index (χ3v) is 3.00. The zero-order valence-corrected chi connectivity index (χ0v) is 11.5. The Morgan fingerprint density at radius 2 is 2.11 bits per heavy atom. The van der Waals surface area contributed by atoms with Crippen molar-refractivity contribution in [2.75, 3.05) is 6.61 Å². The van der Waals surface area contributed by atoms with Crippen LogP contribution >= 0.6 is 0 Å². The van der Waals surface area contributed by atoms with E-state index in [9.17, 15) is 0 Å². The van der Waals surface area contributed by atoms with E-state index >= 15 is 0 Å². The maximum atomic E-state index is 5.97. The van der Waals surface area contributed by atoms with Crippen LogP contribution in [0, 0.1) is 6.92 Å². The van der Waals surface area contributed by atoms with E-state index in [2.05, 4.69) is 18.0 Å². The lowest BCUT2D eigenvalue weighted by molar-refractivity contribution is 0.315. The van der Waals surface area contributed by atoms with Gasteiger partial charge in [-0.05, 0) is 32.0 Å². The molecule has 0 bridgehead atoms. The van der Waals surface area contributed by atoms with E-state index in [1.54, 1.807) is 6.20 Å². The number of aryl methyl sites for hydroxylation is 1. The third-order valence-electron chi connectivity index (χ3n) is 3.00. The molecular formula is C16H20N2O. The summed E-state index contributed by atoms with van der Waals surface area (Å²) in [6.07, 6.45) is 2.60. The highest BCUT2D eigenvalue weighted by Crippen LogP contribution is 2.25. The molecule has 2 N–H and O–H groups in total. The van der Waals surface area contributed by atoms with Crippen molar-refractivity contribution in [3.8, 4) is 5.75 Å². The van der Waals surface area contributed by atoms with Crippen molar-refractivity contribution >= 4 is 0 Å². The summed E-state index contributed by atoms with van der Waals surface area (Å²) in [6, 6.07) is 12.0. The van der Waals surface area contributed by atoms with Crippen LogP contribution in [0.4, 0.5) is 0 Å². The molecule has 0 radical (unpaired) electrons. The standard InChI is InChI=1S/C16H20N2O/c1-12-6-7-16(15(11-12)13(2)17)19-10-8-14-5-3-4-9-18-14/h3-7,9,11,13H,8,10,17H2,1-2H3. The van der Waals surface area contributed by atoms with Gasteiger partial charge >= 0.3 is 0 Å². The summed E-state index contributed by atoms with van der Waals surface area (Å²) < 4.78 is 5.84. The maximum absolute atomic E-state index is 5.97. The fourth-order valence-electron chi connectivity index (χ4n) is 1.97. The molecule has 0 aliphatic heterocycles. The first-order chi connectivity index (χ1) is 9.16. The second kappa shape index (κ2) is 6.34. The number of pyridine rings is 1. The van der Waals surface area contributed by atoms with Gasteiger partial charge in [-0.25, -0.2) is 0 Å². The second-order valence-corrected chi connectivity index (χ2v) is 4.75. The number of hydrogen-bond donors (Lipinski definition) is 1. The van der Waals surface area contributed by atoms with Crippen molar-refractivity contribution in [3.63, 3.8) is 0 Å². The number of benzene rings is 1. The molecule has 3 nitrogen and oxygen atoms in total. The molecule has 0 aliphatic carbocycles. The molecule has 1 unspecified atom stereocenters. The Kier molecular flexibility index (Phi) is 4.53. The predicted octanol–water partition coefficient (Wildman–Crippen LogP) is 3.03. The van der Waals surface area contributed by atoms with E-state index in [0.717, 1.165) is 23.4 Å². The molecule has 0 saturated carbocycles. The monoisotopic (exact) mass is 256 g/mol. The molecular weight excluding hydrogens is 236 g/mol. The molecule has 1 heterocycles. The first-order valence-corrected chi connectivity index (χ1v) is 6.55. The number of ether oxygens (including phenoxy) is 1. The van der Waals surface area contributed by atoms with Gasteiger partial charge in [0, 0.05) is 29.9 Å². The van der Waals surface area contributed by atoms with Crippen LogP contribution in [-0.2, 0) is 6.42 Å². The number of rotatable bonds is 5. The lowest BCUT2D eigenvalue weighted by Crippen LogP contribution is -2.10. The fraction of sp³-hybridized carbons (Fsp3) is 0.312. The van der Waals surface area contributed by atoms with Crippen molar-refractivity contribution in [3.05, 3.63) is 59.4 Å². The highest BCUT2D eigenvalue weighted by molar-refractivity contribution is 5.38. The number of nitrogens with two attached hydrogens (primary N) is 1. The van der Waals surface area contributed by atoms with Gasteiger partial charge in [0.05, 0.1) is 6.61 Å². The van der Waals surface area contributed by atoms with Gasteiger partial charge in [-0.3, -0.25) is 4.98 Å². The molecule has 1 aromatic heterocycles. The van der Waals surface area contributed by atoms with E-state index < -0.39 is 0 Å². The Morgan fingerprint density at radius 3 is 2.79 bits per heavy atom. The third kappa shape index (κ3) is 3.80. The van der Waals surface area contributed by atoms with Crippen LogP contribution < -0.4 is 10.5 Å². The van der Waals surface area contributed by atoms with E-state index in [0.29, 0.717) is 6.61 Å². The first-order valence-electron chi connectivity index (χ1n) is 6.55. The smallest absolute Gasteiger partial charge is 0.124 e. The van der Waals surface area contributed by atoms with Crippen molar-refractivity contribution < 1.29 is 4.74 Å². The van der Waals surface area contributed by atoms with Crippen LogP contribution in [0.25, 0.3) is 0 Å². The molecule has 100 valence electrons. The Hall–Kier alpha value is -1.87. The van der Waals surface area contributed by atoms with E-state index in [4.69, 9.17) is 10.5 Å². The van der Waals surface area contributed by atoms with Gasteiger partial charge in [0.15, 0.2) is 0 Å². The highest BCUT2D eigenvalue weighted by Gasteiger charge is 2.08. The molecule has 2 aromatic rings. The Morgan fingerprint density at radius 1 is 1.26 bits per heavy atom. The van der Waals surface area contributed by atoms with Crippen LogP contribution in [0.15, 0.2) is 42.6 Å². The minimum atomic E-state index is -0.0234. The minimum Gasteiger partial charge on any atom is -0.493 e. The molecule has 2 rings (SSSR count). The molecule has 0 spiro atoms.